The molecular weight excluding hydrogens is 428 g/mol. The smallest absolute Gasteiger partial charge is 0.242 e. The molecule has 2 aromatic carbocycles. The van der Waals surface area contributed by atoms with E-state index in [2.05, 4.69) is 43.4 Å². The van der Waals surface area contributed by atoms with Crippen molar-refractivity contribution in [3.05, 3.63) is 70.2 Å². The van der Waals surface area contributed by atoms with Gasteiger partial charge in [0.05, 0.1) is 5.75 Å². The Labute approximate surface area is 195 Å². The summed E-state index contributed by atoms with van der Waals surface area (Å²) in [5.74, 6) is 0.992. The minimum atomic E-state index is -0.486. The van der Waals surface area contributed by atoms with Crippen LogP contribution in [0.25, 0.3) is 0 Å². The summed E-state index contributed by atoms with van der Waals surface area (Å²) in [5.41, 5.74) is 3.37. The topological polar surface area (TPSA) is 49.4 Å². The van der Waals surface area contributed by atoms with Crippen LogP contribution < -0.4 is 5.32 Å². The zero-order valence-corrected chi connectivity index (χ0v) is 20.3. The van der Waals surface area contributed by atoms with Gasteiger partial charge in [-0.25, -0.2) is 0 Å². The Morgan fingerprint density at radius 1 is 1.03 bits per heavy atom. The molecule has 0 heterocycles. The van der Waals surface area contributed by atoms with E-state index in [0.717, 1.165) is 24.2 Å². The van der Waals surface area contributed by atoms with Gasteiger partial charge in [0.15, 0.2) is 0 Å². The van der Waals surface area contributed by atoms with Crippen molar-refractivity contribution in [2.24, 2.45) is 0 Å². The summed E-state index contributed by atoms with van der Waals surface area (Å²) in [6.45, 7) is 7.13. The van der Waals surface area contributed by atoms with Crippen LogP contribution in [0.3, 0.4) is 0 Å². The number of halogens is 1. The lowest BCUT2D eigenvalue weighted by atomic mass is 10.1. The van der Waals surface area contributed by atoms with Gasteiger partial charge in [-0.1, -0.05) is 73.8 Å². The van der Waals surface area contributed by atoms with Crippen LogP contribution in [0.15, 0.2) is 48.5 Å². The van der Waals surface area contributed by atoms with E-state index in [1.807, 2.05) is 31.2 Å². The Hall–Kier alpha value is -1.98. The number of thioether (sulfide) groups is 1. The van der Waals surface area contributed by atoms with Crippen molar-refractivity contribution in [1.29, 1.82) is 0 Å². The first kappa shape index (κ1) is 25.3. The molecule has 0 radical (unpaired) electrons. The summed E-state index contributed by atoms with van der Waals surface area (Å²) < 4.78 is 0. The third-order valence-electron chi connectivity index (χ3n) is 5.10. The van der Waals surface area contributed by atoms with Crippen molar-refractivity contribution in [2.45, 2.75) is 58.4 Å². The van der Waals surface area contributed by atoms with Gasteiger partial charge in [0, 0.05) is 23.9 Å². The summed E-state index contributed by atoms with van der Waals surface area (Å²) in [7, 11) is 0. The average molecular weight is 461 g/mol. The van der Waals surface area contributed by atoms with Crippen LogP contribution in [0.4, 0.5) is 0 Å². The van der Waals surface area contributed by atoms with E-state index in [4.69, 9.17) is 11.6 Å². The number of hydrogen-bond donors (Lipinski definition) is 1. The lowest BCUT2D eigenvalue weighted by molar-refractivity contribution is -0.139. The molecule has 0 saturated heterocycles. The molecule has 2 amide bonds. The van der Waals surface area contributed by atoms with Gasteiger partial charge in [0.1, 0.15) is 6.04 Å². The molecule has 2 rings (SSSR count). The fraction of sp³-hybridized carbons (Fsp3) is 0.440. The van der Waals surface area contributed by atoms with E-state index >= 15 is 0 Å². The number of aryl methyl sites for hydroxylation is 1. The third kappa shape index (κ3) is 8.58. The van der Waals surface area contributed by atoms with E-state index in [1.54, 1.807) is 16.7 Å². The first-order valence-corrected chi connectivity index (χ1v) is 12.4. The summed E-state index contributed by atoms with van der Waals surface area (Å²) >= 11 is 7.59. The molecule has 31 heavy (non-hydrogen) atoms. The van der Waals surface area contributed by atoms with Gasteiger partial charge in [-0.3, -0.25) is 9.59 Å². The number of rotatable bonds is 12. The van der Waals surface area contributed by atoms with Crippen molar-refractivity contribution in [1.82, 2.24) is 10.2 Å². The predicted octanol–water partition coefficient (Wildman–Crippen LogP) is 5.61. The van der Waals surface area contributed by atoms with Crippen molar-refractivity contribution in [2.75, 3.05) is 12.3 Å². The van der Waals surface area contributed by atoms with Gasteiger partial charge in [-0.05, 0) is 43.0 Å². The highest BCUT2D eigenvalue weighted by molar-refractivity contribution is 7.99. The molecule has 0 aliphatic carbocycles. The number of benzene rings is 2. The second-order valence-electron chi connectivity index (χ2n) is 7.70. The summed E-state index contributed by atoms with van der Waals surface area (Å²) in [6.07, 6.45) is 2.51. The number of nitrogens with zero attached hydrogens (tertiary/aromatic N) is 1. The lowest BCUT2D eigenvalue weighted by Gasteiger charge is -2.30. The molecular formula is C25H33ClN2O2S. The molecule has 0 unspecified atom stereocenters. The van der Waals surface area contributed by atoms with Crippen LogP contribution in [0, 0.1) is 6.92 Å². The Kier molecular flexibility index (Phi) is 11.0. The normalized spacial score (nSPS) is 11.7. The maximum absolute atomic E-state index is 13.2. The van der Waals surface area contributed by atoms with Gasteiger partial charge in [0.2, 0.25) is 11.8 Å². The number of carbonyl (C=O) groups excluding carboxylic acids is 2. The molecule has 0 bridgehead atoms. The fourth-order valence-corrected chi connectivity index (χ4v) is 4.23. The van der Waals surface area contributed by atoms with Gasteiger partial charge in [0.25, 0.3) is 0 Å². The monoisotopic (exact) mass is 460 g/mol. The van der Waals surface area contributed by atoms with Crippen LogP contribution in [-0.2, 0) is 21.9 Å². The molecule has 6 heteroatoms. The van der Waals surface area contributed by atoms with E-state index in [1.165, 1.54) is 11.1 Å². The number of amides is 2. The molecule has 4 nitrogen and oxygen atoms in total. The van der Waals surface area contributed by atoms with Crippen molar-refractivity contribution >= 4 is 35.2 Å². The molecule has 168 valence electrons. The van der Waals surface area contributed by atoms with Crippen LogP contribution in [0.1, 0.15) is 49.8 Å². The van der Waals surface area contributed by atoms with Crippen LogP contribution in [0.2, 0.25) is 5.02 Å². The second kappa shape index (κ2) is 13.4. The predicted molar refractivity (Wildman–Crippen MR) is 131 cm³/mol. The second-order valence-corrected chi connectivity index (χ2v) is 9.12. The fourth-order valence-electron chi connectivity index (χ4n) is 3.24. The third-order valence-corrected chi connectivity index (χ3v) is 6.34. The van der Waals surface area contributed by atoms with E-state index in [9.17, 15) is 9.59 Å². The molecule has 0 spiro atoms. The Bertz CT molecular complexity index is 824. The molecule has 1 atom stereocenters. The summed E-state index contributed by atoms with van der Waals surface area (Å²) in [5, 5.41) is 3.64. The van der Waals surface area contributed by atoms with Crippen molar-refractivity contribution in [3.63, 3.8) is 0 Å². The average Bonchev–Trinajstić information content (AvgIpc) is 2.76. The Morgan fingerprint density at radius 2 is 1.68 bits per heavy atom. The summed E-state index contributed by atoms with van der Waals surface area (Å²) in [6, 6.07) is 15.3. The maximum Gasteiger partial charge on any atom is 0.242 e. The minimum absolute atomic E-state index is 0.0236. The van der Waals surface area contributed by atoms with Gasteiger partial charge < -0.3 is 10.2 Å². The molecule has 2 aromatic rings. The van der Waals surface area contributed by atoms with E-state index < -0.39 is 6.04 Å². The molecule has 0 aromatic heterocycles. The summed E-state index contributed by atoms with van der Waals surface area (Å²) in [4.78, 5) is 27.7. The highest BCUT2D eigenvalue weighted by Crippen LogP contribution is 2.19. The largest absolute Gasteiger partial charge is 0.354 e. The van der Waals surface area contributed by atoms with Gasteiger partial charge >= 0.3 is 0 Å². The molecule has 0 aliphatic heterocycles. The van der Waals surface area contributed by atoms with Gasteiger partial charge in [-0.2, -0.15) is 0 Å². The van der Waals surface area contributed by atoms with Crippen LogP contribution in [0.5, 0.6) is 0 Å². The number of nitrogens with one attached hydrogen (secondary N) is 1. The SMILES string of the molecule is CCCCNC(=O)[C@@H](CC)N(Cc1ccc(Cl)cc1)C(=O)CSCc1ccc(C)cc1. The van der Waals surface area contributed by atoms with Crippen molar-refractivity contribution in [3.8, 4) is 0 Å². The van der Waals surface area contributed by atoms with E-state index in [-0.39, 0.29) is 11.8 Å². The molecule has 1 N–H and O–H groups in total. The number of unbranched alkanes of at least 4 members (excludes halogenated alkanes) is 1. The minimum Gasteiger partial charge on any atom is -0.354 e. The molecule has 0 fully saturated rings. The first-order valence-electron chi connectivity index (χ1n) is 10.9. The Balaban J connectivity index is 2.08. The number of carbonyl (C=O) groups is 2. The molecule has 0 saturated carbocycles. The zero-order chi connectivity index (χ0) is 22.6. The van der Waals surface area contributed by atoms with Crippen LogP contribution >= 0.6 is 23.4 Å². The van der Waals surface area contributed by atoms with Crippen LogP contribution in [-0.4, -0.2) is 35.1 Å². The lowest BCUT2D eigenvalue weighted by Crippen LogP contribution is -2.49. The maximum atomic E-state index is 13.2. The first-order chi connectivity index (χ1) is 14.9. The Morgan fingerprint density at radius 3 is 2.29 bits per heavy atom. The van der Waals surface area contributed by atoms with E-state index in [0.29, 0.717) is 30.3 Å². The van der Waals surface area contributed by atoms with Crippen molar-refractivity contribution < 1.29 is 9.59 Å². The number of hydrogen-bond acceptors (Lipinski definition) is 3. The molecule has 0 aliphatic rings. The standard InChI is InChI=1S/C25H33ClN2O2S/c1-4-6-15-27-25(30)23(5-2)28(16-20-11-13-22(26)14-12-20)24(29)18-31-17-21-9-7-19(3)8-10-21/h7-14,23H,4-6,15-18H2,1-3H3,(H,27,30)/t23-/m1/s1. The zero-order valence-electron chi connectivity index (χ0n) is 18.7. The highest BCUT2D eigenvalue weighted by atomic mass is 35.5. The quantitative estimate of drug-likeness (QED) is 0.419. The van der Waals surface area contributed by atoms with Gasteiger partial charge in [-0.15, -0.1) is 11.8 Å². The highest BCUT2D eigenvalue weighted by Gasteiger charge is 2.28.